The normalized spacial score (nSPS) is 15.2. The number of ether oxygens (including phenoxy) is 1. The van der Waals surface area contributed by atoms with Gasteiger partial charge in [0.05, 0.1) is 10.6 Å². The summed E-state index contributed by atoms with van der Waals surface area (Å²) >= 11 is 7.62. The number of anilines is 1. The minimum atomic E-state index is -0.538. The Morgan fingerprint density at radius 1 is 1.30 bits per heavy atom. The minimum Gasteiger partial charge on any atom is -0.489 e. The number of carbonyl (C=O) groups excluding carboxylic acids is 1. The van der Waals surface area contributed by atoms with Gasteiger partial charge in [-0.15, -0.1) is 5.10 Å². The zero-order valence-electron chi connectivity index (χ0n) is 18.1. The molecule has 2 heterocycles. The molecule has 10 heteroatoms. The van der Waals surface area contributed by atoms with Gasteiger partial charge in [0, 0.05) is 17.0 Å². The molecule has 1 aliphatic rings. The zero-order chi connectivity index (χ0) is 23.5. The maximum absolute atomic E-state index is 14.0. The third-order valence-corrected chi connectivity index (χ3v) is 6.57. The van der Waals surface area contributed by atoms with Gasteiger partial charge in [-0.2, -0.15) is 4.98 Å². The summed E-state index contributed by atoms with van der Waals surface area (Å²) in [6, 6.07) is 11.1. The predicted octanol–water partition coefficient (Wildman–Crippen LogP) is 4.93. The number of hydrogen-bond donors (Lipinski definition) is 2. The van der Waals surface area contributed by atoms with Crippen LogP contribution in [0.3, 0.4) is 0 Å². The molecule has 0 saturated carbocycles. The van der Waals surface area contributed by atoms with Crippen LogP contribution in [0.4, 0.5) is 10.3 Å². The third-order valence-electron chi connectivity index (χ3n) is 5.17. The molecule has 1 amide bonds. The third kappa shape index (κ3) is 4.84. The van der Waals surface area contributed by atoms with E-state index < -0.39 is 17.8 Å². The van der Waals surface area contributed by atoms with Crippen molar-refractivity contribution in [2.45, 2.75) is 38.1 Å². The monoisotopic (exact) mass is 487 g/mol. The van der Waals surface area contributed by atoms with Crippen LogP contribution in [0.2, 0.25) is 5.02 Å². The van der Waals surface area contributed by atoms with E-state index in [-0.39, 0.29) is 6.61 Å². The van der Waals surface area contributed by atoms with Gasteiger partial charge >= 0.3 is 0 Å². The van der Waals surface area contributed by atoms with E-state index in [1.165, 1.54) is 6.07 Å². The highest BCUT2D eigenvalue weighted by atomic mass is 35.5. The molecule has 0 radical (unpaired) electrons. The first kappa shape index (κ1) is 23.1. The molecule has 0 aliphatic carbocycles. The van der Waals surface area contributed by atoms with Gasteiger partial charge in [0.1, 0.15) is 24.2 Å². The summed E-state index contributed by atoms with van der Waals surface area (Å²) in [5, 5.41) is 8.68. The van der Waals surface area contributed by atoms with Crippen LogP contribution in [0, 0.1) is 5.82 Å². The van der Waals surface area contributed by atoms with Crippen LogP contribution in [0.5, 0.6) is 5.75 Å². The van der Waals surface area contributed by atoms with Crippen molar-refractivity contribution in [3.8, 4) is 5.75 Å². The fraction of sp³-hybridized carbons (Fsp3) is 0.261. The van der Waals surface area contributed by atoms with Crippen molar-refractivity contribution in [2.24, 2.45) is 5.73 Å². The number of carbonyl (C=O) groups is 1. The fourth-order valence-electron chi connectivity index (χ4n) is 3.59. The Morgan fingerprint density at radius 2 is 2.06 bits per heavy atom. The summed E-state index contributed by atoms with van der Waals surface area (Å²) in [5.74, 6) is 1.02. The molecular weight excluding hydrogens is 465 g/mol. The Kier molecular flexibility index (Phi) is 6.90. The van der Waals surface area contributed by atoms with E-state index >= 15 is 0 Å². The van der Waals surface area contributed by atoms with E-state index in [1.807, 2.05) is 12.1 Å². The van der Waals surface area contributed by atoms with Crippen molar-refractivity contribution in [1.29, 1.82) is 0 Å². The van der Waals surface area contributed by atoms with Crippen LogP contribution in [-0.4, -0.2) is 26.4 Å². The second-order valence-corrected chi connectivity index (χ2v) is 8.97. The number of fused-ring (bicyclic) bond motifs is 1. The summed E-state index contributed by atoms with van der Waals surface area (Å²) in [5.41, 5.74) is 7.85. The SMILES string of the molecule is CCCSc1nc2n(n1)C(c1ccc(OCc3c(F)cccc3Cl)cc1)C(C(N)=O)=C(C)N2. The number of allylic oxidation sites excluding steroid dienone is 1. The lowest BCUT2D eigenvalue weighted by Gasteiger charge is -2.27. The molecule has 172 valence electrons. The molecule has 1 aliphatic heterocycles. The number of primary amides is 1. The van der Waals surface area contributed by atoms with E-state index in [9.17, 15) is 9.18 Å². The van der Waals surface area contributed by atoms with Crippen LogP contribution in [0.1, 0.15) is 37.4 Å². The van der Waals surface area contributed by atoms with Crippen molar-refractivity contribution < 1.29 is 13.9 Å². The standard InChI is InChI=1S/C23H23ClFN5O2S/c1-3-11-33-23-28-22-27-13(2)19(21(26)31)20(30(22)29-23)14-7-9-15(10-8-14)32-12-16-17(24)5-4-6-18(16)25/h4-10,20H,3,11-12H2,1-2H3,(H2,26,31)(H,27,28,29). The van der Waals surface area contributed by atoms with Gasteiger partial charge in [-0.3, -0.25) is 4.79 Å². The number of amides is 1. The van der Waals surface area contributed by atoms with Crippen molar-refractivity contribution in [2.75, 3.05) is 11.1 Å². The molecule has 0 spiro atoms. The number of benzene rings is 2. The lowest BCUT2D eigenvalue weighted by molar-refractivity contribution is -0.115. The minimum absolute atomic E-state index is 0.00498. The Labute approximate surface area is 200 Å². The number of nitrogens with one attached hydrogen (secondary N) is 1. The largest absolute Gasteiger partial charge is 0.489 e. The highest BCUT2D eigenvalue weighted by molar-refractivity contribution is 7.99. The van der Waals surface area contributed by atoms with Crippen LogP contribution in [0.15, 0.2) is 58.9 Å². The Hall–Kier alpha value is -3.04. The van der Waals surface area contributed by atoms with Crippen molar-refractivity contribution >= 4 is 35.2 Å². The van der Waals surface area contributed by atoms with Gasteiger partial charge < -0.3 is 15.8 Å². The Morgan fingerprint density at radius 3 is 2.73 bits per heavy atom. The highest BCUT2D eigenvalue weighted by Gasteiger charge is 2.33. The first-order chi connectivity index (χ1) is 15.9. The van der Waals surface area contributed by atoms with Gasteiger partial charge in [0.2, 0.25) is 17.0 Å². The molecule has 2 aromatic carbocycles. The van der Waals surface area contributed by atoms with Crippen LogP contribution in [0.25, 0.3) is 0 Å². The maximum Gasteiger partial charge on any atom is 0.248 e. The number of thioether (sulfide) groups is 1. The number of hydrogen-bond acceptors (Lipinski definition) is 6. The predicted molar refractivity (Wildman–Crippen MR) is 127 cm³/mol. The first-order valence-corrected chi connectivity index (χ1v) is 11.8. The maximum atomic E-state index is 14.0. The molecule has 0 fully saturated rings. The molecular formula is C23H23ClFN5O2S. The van der Waals surface area contributed by atoms with E-state index in [4.69, 9.17) is 22.1 Å². The Bertz CT molecular complexity index is 1190. The molecule has 4 rings (SSSR count). The van der Waals surface area contributed by atoms with Gasteiger partial charge in [-0.1, -0.05) is 48.5 Å². The number of nitrogens with zero attached hydrogens (tertiary/aromatic N) is 3. The summed E-state index contributed by atoms with van der Waals surface area (Å²) in [6.07, 6.45) is 0.995. The molecule has 1 atom stereocenters. The van der Waals surface area contributed by atoms with Crippen LogP contribution in [-0.2, 0) is 11.4 Å². The smallest absolute Gasteiger partial charge is 0.248 e. The average Bonchev–Trinajstić information content (AvgIpc) is 3.19. The zero-order valence-corrected chi connectivity index (χ0v) is 19.7. The van der Waals surface area contributed by atoms with Gasteiger partial charge in [-0.25, -0.2) is 9.07 Å². The first-order valence-electron chi connectivity index (χ1n) is 10.4. The quantitative estimate of drug-likeness (QED) is 0.438. The summed E-state index contributed by atoms with van der Waals surface area (Å²) < 4.78 is 21.4. The summed E-state index contributed by atoms with van der Waals surface area (Å²) in [4.78, 5) is 16.9. The highest BCUT2D eigenvalue weighted by Crippen LogP contribution is 2.36. The van der Waals surface area contributed by atoms with E-state index in [0.717, 1.165) is 17.7 Å². The second-order valence-electron chi connectivity index (χ2n) is 7.50. The molecule has 7 nitrogen and oxygen atoms in total. The number of halogens is 2. The van der Waals surface area contributed by atoms with E-state index in [0.29, 0.717) is 38.7 Å². The molecule has 3 aromatic rings. The van der Waals surface area contributed by atoms with Crippen LogP contribution >= 0.6 is 23.4 Å². The molecule has 33 heavy (non-hydrogen) atoms. The molecule has 0 saturated heterocycles. The average molecular weight is 488 g/mol. The van der Waals surface area contributed by atoms with Crippen LogP contribution < -0.4 is 15.8 Å². The second kappa shape index (κ2) is 9.84. The van der Waals surface area contributed by atoms with Crippen molar-refractivity contribution in [3.63, 3.8) is 0 Å². The van der Waals surface area contributed by atoms with Crippen molar-refractivity contribution in [1.82, 2.24) is 14.8 Å². The number of nitrogens with two attached hydrogens (primary N) is 1. The molecule has 0 bridgehead atoms. The lowest BCUT2D eigenvalue weighted by Crippen LogP contribution is -2.31. The molecule has 1 unspecified atom stereocenters. The van der Waals surface area contributed by atoms with E-state index in [2.05, 4.69) is 22.3 Å². The Balaban J connectivity index is 1.61. The van der Waals surface area contributed by atoms with Gasteiger partial charge in [0.15, 0.2) is 0 Å². The number of aromatic nitrogens is 3. The number of rotatable bonds is 8. The summed E-state index contributed by atoms with van der Waals surface area (Å²) in [7, 11) is 0. The molecule has 1 aromatic heterocycles. The van der Waals surface area contributed by atoms with Gasteiger partial charge in [-0.05, 0) is 43.2 Å². The topological polar surface area (TPSA) is 95.1 Å². The van der Waals surface area contributed by atoms with Gasteiger partial charge in [0.25, 0.3) is 0 Å². The fourth-order valence-corrected chi connectivity index (χ4v) is 4.49. The lowest BCUT2D eigenvalue weighted by atomic mass is 9.95. The summed E-state index contributed by atoms with van der Waals surface area (Å²) in [6.45, 7) is 3.87. The molecule has 3 N–H and O–H groups in total. The van der Waals surface area contributed by atoms with E-state index in [1.54, 1.807) is 47.6 Å². The van der Waals surface area contributed by atoms with Crippen molar-refractivity contribution in [3.05, 3.63) is 75.7 Å².